The molecular formula is C31H22N2. The lowest BCUT2D eigenvalue weighted by Crippen LogP contribution is -1.96. The largest absolute Gasteiger partial charge is 0.345 e. The maximum absolute atomic E-state index is 4.73. The molecule has 33 heavy (non-hydrogen) atoms. The summed E-state index contributed by atoms with van der Waals surface area (Å²) in [5.74, 6) is 0.879. The van der Waals surface area contributed by atoms with Crippen LogP contribution in [0.4, 0.5) is 0 Å². The summed E-state index contributed by atoms with van der Waals surface area (Å²) in [5.41, 5.74) is 10.8. The lowest BCUT2D eigenvalue weighted by atomic mass is 9.89. The number of imidazole rings is 1. The summed E-state index contributed by atoms with van der Waals surface area (Å²) in [7, 11) is 0. The minimum atomic E-state index is 0.879. The molecule has 0 saturated carbocycles. The van der Waals surface area contributed by atoms with E-state index in [-0.39, 0.29) is 0 Å². The van der Waals surface area contributed by atoms with Crippen LogP contribution >= 0.6 is 0 Å². The van der Waals surface area contributed by atoms with E-state index in [0.29, 0.717) is 0 Å². The number of aromatic amines is 1. The molecule has 0 fully saturated rings. The van der Waals surface area contributed by atoms with Gasteiger partial charge in [0, 0.05) is 29.1 Å². The molecule has 0 saturated heterocycles. The predicted molar refractivity (Wildman–Crippen MR) is 137 cm³/mol. The van der Waals surface area contributed by atoms with Crippen molar-refractivity contribution in [3.8, 4) is 0 Å². The fourth-order valence-corrected chi connectivity index (χ4v) is 4.77. The van der Waals surface area contributed by atoms with E-state index in [9.17, 15) is 0 Å². The van der Waals surface area contributed by atoms with Crippen molar-refractivity contribution < 1.29 is 0 Å². The summed E-state index contributed by atoms with van der Waals surface area (Å²) in [6, 6.07) is 32.1. The predicted octanol–water partition coefficient (Wildman–Crippen LogP) is 7.37. The monoisotopic (exact) mass is 422 g/mol. The van der Waals surface area contributed by atoms with E-state index in [4.69, 9.17) is 4.98 Å². The maximum atomic E-state index is 4.73. The highest BCUT2D eigenvalue weighted by Crippen LogP contribution is 2.55. The molecule has 0 amide bonds. The smallest absolute Gasteiger partial charge is 0.138 e. The minimum absolute atomic E-state index is 0.879. The van der Waals surface area contributed by atoms with E-state index in [0.717, 1.165) is 11.4 Å². The van der Waals surface area contributed by atoms with Gasteiger partial charge in [-0.2, -0.15) is 0 Å². The number of benzene rings is 3. The molecule has 1 heterocycles. The Balaban J connectivity index is 1.80. The third-order valence-corrected chi connectivity index (χ3v) is 6.12. The van der Waals surface area contributed by atoms with Gasteiger partial charge in [0.1, 0.15) is 5.82 Å². The summed E-state index contributed by atoms with van der Waals surface area (Å²) >= 11 is 0. The van der Waals surface area contributed by atoms with Gasteiger partial charge in [-0.3, -0.25) is 0 Å². The van der Waals surface area contributed by atoms with Crippen molar-refractivity contribution in [1.29, 1.82) is 0 Å². The van der Waals surface area contributed by atoms with Crippen molar-refractivity contribution in [2.75, 3.05) is 0 Å². The topological polar surface area (TPSA) is 28.7 Å². The number of aromatic nitrogens is 2. The van der Waals surface area contributed by atoms with Crippen LogP contribution in [-0.4, -0.2) is 9.97 Å². The Bertz CT molecular complexity index is 1430. The molecule has 0 spiro atoms. The standard InChI is InChI=1S/C31H22N2/c1-4-12-22(13-5-1)26-27(23-14-6-2-7-15-23)29(25-18-10-11-19-25)30(31-32-20-21-33-31)28(26)24-16-8-3-9-17-24/h1-21H,(H,32,33). The molecule has 0 aliphatic heterocycles. The minimum Gasteiger partial charge on any atom is -0.345 e. The Morgan fingerprint density at radius 2 is 0.939 bits per heavy atom. The molecule has 2 aliphatic rings. The van der Waals surface area contributed by atoms with Gasteiger partial charge in [0.25, 0.3) is 0 Å². The summed E-state index contributed by atoms with van der Waals surface area (Å²) in [5, 5.41) is 0. The van der Waals surface area contributed by atoms with Gasteiger partial charge in [-0.05, 0) is 33.4 Å². The second-order valence-corrected chi connectivity index (χ2v) is 8.08. The number of hydrogen-bond donors (Lipinski definition) is 1. The molecule has 2 heteroatoms. The van der Waals surface area contributed by atoms with Gasteiger partial charge in [-0.15, -0.1) is 0 Å². The molecule has 2 nitrogen and oxygen atoms in total. The van der Waals surface area contributed by atoms with E-state index >= 15 is 0 Å². The highest BCUT2D eigenvalue weighted by molar-refractivity contribution is 6.34. The molecule has 0 unspecified atom stereocenters. The van der Waals surface area contributed by atoms with E-state index in [1.807, 2.05) is 12.4 Å². The van der Waals surface area contributed by atoms with E-state index < -0.39 is 0 Å². The zero-order valence-electron chi connectivity index (χ0n) is 18.1. The van der Waals surface area contributed by atoms with Crippen molar-refractivity contribution in [3.05, 3.63) is 161 Å². The van der Waals surface area contributed by atoms with Crippen LogP contribution in [0.3, 0.4) is 0 Å². The molecule has 1 aromatic heterocycles. The zero-order chi connectivity index (χ0) is 22.0. The maximum Gasteiger partial charge on any atom is 0.138 e. The van der Waals surface area contributed by atoms with E-state index in [2.05, 4.69) is 120 Å². The van der Waals surface area contributed by atoms with Crippen molar-refractivity contribution in [3.63, 3.8) is 0 Å². The lowest BCUT2D eigenvalue weighted by molar-refractivity contribution is 1.24. The first kappa shape index (κ1) is 19.3. The third kappa shape index (κ3) is 3.33. The van der Waals surface area contributed by atoms with Gasteiger partial charge in [0.15, 0.2) is 0 Å². The molecule has 4 aromatic rings. The molecule has 1 N–H and O–H groups in total. The summed E-state index contributed by atoms with van der Waals surface area (Å²) in [6.07, 6.45) is 12.3. The second-order valence-electron chi connectivity index (χ2n) is 8.08. The van der Waals surface area contributed by atoms with Gasteiger partial charge < -0.3 is 4.98 Å². The third-order valence-electron chi connectivity index (χ3n) is 6.12. The first-order chi connectivity index (χ1) is 16.4. The first-order valence-corrected chi connectivity index (χ1v) is 11.2. The first-order valence-electron chi connectivity index (χ1n) is 11.2. The number of allylic oxidation sites excluding steroid dienone is 10. The molecule has 2 aliphatic carbocycles. The van der Waals surface area contributed by atoms with Crippen LogP contribution in [-0.2, 0) is 0 Å². The Hall–Kier alpha value is -4.43. The average molecular weight is 423 g/mol. The average Bonchev–Trinajstić information content (AvgIpc) is 3.65. The molecule has 0 bridgehead atoms. The van der Waals surface area contributed by atoms with Crippen LogP contribution in [0.25, 0.3) is 22.3 Å². The number of nitrogens with one attached hydrogen (secondary N) is 1. The van der Waals surface area contributed by atoms with Gasteiger partial charge in [-0.1, -0.05) is 115 Å². The quantitative estimate of drug-likeness (QED) is 0.365. The molecule has 6 rings (SSSR count). The van der Waals surface area contributed by atoms with Crippen LogP contribution in [0.5, 0.6) is 0 Å². The normalized spacial score (nSPS) is 15.3. The highest BCUT2D eigenvalue weighted by Gasteiger charge is 2.34. The number of nitrogens with zero attached hydrogens (tertiary/aromatic N) is 1. The number of hydrogen-bond acceptors (Lipinski definition) is 1. The lowest BCUT2D eigenvalue weighted by Gasteiger charge is -2.14. The van der Waals surface area contributed by atoms with E-state index in [1.54, 1.807) is 0 Å². The Morgan fingerprint density at radius 1 is 0.485 bits per heavy atom. The van der Waals surface area contributed by atoms with E-state index in [1.165, 1.54) is 44.6 Å². The zero-order valence-corrected chi connectivity index (χ0v) is 18.1. The number of rotatable bonds is 4. The molecule has 0 radical (unpaired) electrons. The Morgan fingerprint density at radius 3 is 1.39 bits per heavy atom. The van der Waals surface area contributed by atoms with Crippen LogP contribution in [0.15, 0.2) is 139 Å². The Kier molecular flexibility index (Phi) is 4.82. The van der Waals surface area contributed by atoms with Crippen LogP contribution < -0.4 is 0 Å². The van der Waals surface area contributed by atoms with Crippen molar-refractivity contribution in [2.45, 2.75) is 0 Å². The number of H-pyrrole nitrogens is 1. The van der Waals surface area contributed by atoms with Gasteiger partial charge >= 0.3 is 0 Å². The summed E-state index contributed by atoms with van der Waals surface area (Å²) in [6.45, 7) is 0. The van der Waals surface area contributed by atoms with Gasteiger partial charge in [-0.25, -0.2) is 4.98 Å². The van der Waals surface area contributed by atoms with Gasteiger partial charge in [0.2, 0.25) is 0 Å². The summed E-state index contributed by atoms with van der Waals surface area (Å²) < 4.78 is 0. The fraction of sp³-hybridized carbons (Fsp3) is 0. The van der Waals surface area contributed by atoms with Crippen molar-refractivity contribution in [2.24, 2.45) is 0 Å². The highest BCUT2D eigenvalue weighted by atomic mass is 14.9. The van der Waals surface area contributed by atoms with Crippen LogP contribution in [0.2, 0.25) is 0 Å². The molecule has 156 valence electrons. The van der Waals surface area contributed by atoms with Crippen LogP contribution in [0, 0.1) is 0 Å². The SMILES string of the molecule is C1=CC(=C2C(c3ccccc3)=C(c3ccccc3)C(c3ccccc3)=C2c2ncc[nH]2)C=C1. The molecule has 0 atom stereocenters. The van der Waals surface area contributed by atoms with Gasteiger partial charge in [0.05, 0.1) is 0 Å². The molecule has 3 aromatic carbocycles. The van der Waals surface area contributed by atoms with Crippen molar-refractivity contribution in [1.82, 2.24) is 9.97 Å². The summed E-state index contributed by atoms with van der Waals surface area (Å²) in [4.78, 5) is 8.13. The second kappa shape index (κ2) is 8.25. The molecular weight excluding hydrogens is 400 g/mol. The fourth-order valence-electron chi connectivity index (χ4n) is 4.77. The Labute approximate surface area is 193 Å². The van der Waals surface area contributed by atoms with Crippen molar-refractivity contribution >= 4 is 22.3 Å². The van der Waals surface area contributed by atoms with Crippen LogP contribution in [0.1, 0.15) is 22.5 Å².